The molecule has 200 valence electrons. The molecular formula is C30H65N3. The zero-order valence-corrected chi connectivity index (χ0v) is 24.2. The van der Waals surface area contributed by atoms with Crippen LogP contribution in [0.2, 0.25) is 0 Å². The molecule has 0 aromatic carbocycles. The van der Waals surface area contributed by atoms with E-state index in [1.165, 1.54) is 149 Å². The molecule has 3 heteroatoms. The molecule has 0 saturated carbocycles. The van der Waals surface area contributed by atoms with Crippen LogP contribution in [-0.4, -0.2) is 73.1 Å². The van der Waals surface area contributed by atoms with Crippen molar-refractivity contribution in [1.29, 1.82) is 0 Å². The molecule has 0 amide bonds. The van der Waals surface area contributed by atoms with E-state index >= 15 is 0 Å². The van der Waals surface area contributed by atoms with E-state index in [-0.39, 0.29) is 0 Å². The van der Waals surface area contributed by atoms with Crippen molar-refractivity contribution in [2.75, 3.05) is 52.4 Å². The van der Waals surface area contributed by atoms with Gasteiger partial charge in [0.05, 0.1) is 0 Å². The smallest absolute Gasteiger partial charge is 0.00957 e. The van der Waals surface area contributed by atoms with Crippen LogP contribution in [0.3, 0.4) is 0 Å². The molecule has 0 spiro atoms. The van der Waals surface area contributed by atoms with E-state index < -0.39 is 0 Å². The fraction of sp³-hybridized carbons (Fsp3) is 1.00. The molecule has 0 aliphatic rings. The van der Waals surface area contributed by atoms with Gasteiger partial charge < -0.3 is 14.7 Å². The molecule has 0 aliphatic carbocycles. The maximum absolute atomic E-state index is 2.83. The molecule has 1 atom stereocenters. The van der Waals surface area contributed by atoms with Gasteiger partial charge in [0.1, 0.15) is 0 Å². The Hall–Kier alpha value is -0.120. The third-order valence-electron chi connectivity index (χ3n) is 6.97. The Labute approximate surface area is 211 Å². The lowest BCUT2D eigenvalue weighted by Gasteiger charge is -2.32. The van der Waals surface area contributed by atoms with Crippen LogP contribution in [-0.2, 0) is 0 Å². The monoisotopic (exact) mass is 468 g/mol. The van der Waals surface area contributed by atoms with E-state index in [4.69, 9.17) is 0 Å². The standard InChI is InChI=1S/C30H65N3/c1-7-22-31(23-8-2)28-18-16-14-13-15-17-20-30(33(26-11-5)27-12-6)21-19-29-32(24-9-3)25-10-4/h30H,7-29H2,1-6H3. The van der Waals surface area contributed by atoms with Crippen molar-refractivity contribution in [2.45, 2.75) is 144 Å². The zero-order chi connectivity index (χ0) is 24.6. The molecule has 0 aliphatic heterocycles. The second kappa shape index (κ2) is 25.0. The number of unbranched alkanes of at least 4 members (excludes halogenated alkanes) is 5. The van der Waals surface area contributed by atoms with E-state index in [0.717, 1.165) is 6.04 Å². The van der Waals surface area contributed by atoms with Crippen LogP contribution < -0.4 is 0 Å². The first-order valence-electron chi connectivity index (χ1n) is 15.3. The summed E-state index contributed by atoms with van der Waals surface area (Å²) < 4.78 is 0. The van der Waals surface area contributed by atoms with Gasteiger partial charge in [0.25, 0.3) is 0 Å². The van der Waals surface area contributed by atoms with E-state index in [1.807, 2.05) is 0 Å². The van der Waals surface area contributed by atoms with Gasteiger partial charge in [-0.25, -0.2) is 0 Å². The molecule has 0 heterocycles. The van der Waals surface area contributed by atoms with Crippen LogP contribution in [0.25, 0.3) is 0 Å². The number of nitrogens with zero attached hydrogens (tertiary/aromatic N) is 3. The quantitative estimate of drug-likeness (QED) is 0.119. The molecule has 0 aromatic heterocycles. The molecule has 0 saturated heterocycles. The van der Waals surface area contributed by atoms with Gasteiger partial charge in [0.15, 0.2) is 0 Å². The Bertz CT molecular complexity index is 356. The summed E-state index contributed by atoms with van der Waals surface area (Å²) in [4.78, 5) is 8.20. The summed E-state index contributed by atoms with van der Waals surface area (Å²) in [5, 5.41) is 0. The molecule has 3 nitrogen and oxygen atoms in total. The van der Waals surface area contributed by atoms with Crippen LogP contribution in [0.1, 0.15) is 138 Å². The lowest BCUT2D eigenvalue weighted by Crippen LogP contribution is -2.37. The summed E-state index contributed by atoms with van der Waals surface area (Å²) in [6, 6.07) is 0.812. The summed E-state index contributed by atoms with van der Waals surface area (Å²) in [5.41, 5.74) is 0. The highest BCUT2D eigenvalue weighted by atomic mass is 15.2. The Balaban J connectivity index is 4.30. The van der Waals surface area contributed by atoms with Crippen molar-refractivity contribution in [3.05, 3.63) is 0 Å². The van der Waals surface area contributed by atoms with Crippen molar-refractivity contribution in [1.82, 2.24) is 14.7 Å². The third-order valence-corrected chi connectivity index (χ3v) is 6.97. The van der Waals surface area contributed by atoms with Crippen molar-refractivity contribution in [3.8, 4) is 0 Å². The van der Waals surface area contributed by atoms with Gasteiger partial charge in [-0.2, -0.15) is 0 Å². The van der Waals surface area contributed by atoms with Crippen LogP contribution in [0, 0.1) is 0 Å². The van der Waals surface area contributed by atoms with E-state index in [1.54, 1.807) is 0 Å². The van der Waals surface area contributed by atoms with Crippen molar-refractivity contribution >= 4 is 0 Å². The molecule has 0 aromatic rings. The van der Waals surface area contributed by atoms with Crippen molar-refractivity contribution in [2.24, 2.45) is 0 Å². The predicted octanol–water partition coefficient (Wildman–Crippen LogP) is 8.23. The molecule has 0 bridgehead atoms. The fourth-order valence-electron chi connectivity index (χ4n) is 5.47. The summed E-state index contributed by atoms with van der Waals surface area (Å²) in [6.45, 7) is 24.3. The number of hydrogen-bond donors (Lipinski definition) is 0. The Morgan fingerprint density at radius 2 is 0.727 bits per heavy atom. The van der Waals surface area contributed by atoms with Gasteiger partial charge >= 0.3 is 0 Å². The summed E-state index contributed by atoms with van der Waals surface area (Å²) in [5.74, 6) is 0. The summed E-state index contributed by atoms with van der Waals surface area (Å²) in [7, 11) is 0. The van der Waals surface area contributed by atoms with Crippen LogP contribution >= 0.6 is 0 Å². The number of hydrogen-bond acceptors (Lipinski definition) is 3. The molecule has 0 fully saturated rings. The minimum Gasteiger partial charge on any atom is -0.303 e. The first-order chi connectivity index (χ1) is 16.2. The highest BCUT2D eigenvalue weighted by molar-refractivity contribution is 4.73. The maximum Gasteiger partial charge on any atom is 0.00957 e. The SMILES string of the molecule is CCCN(CCC)CCCCCCCCC(CCCN(CCC)CCC)N(CCC)CCC. The number of rotatable bonds is 26. The Morgan fingerprint density at radius 3 is 1.18 bits per heavy atom. The van der Waals surface area contributed by atoms with Gasteiger partial charge in [-0.1, -0.05) is 73.6 Å². The molecule has 1 unspecified atom stereocenters. The maximum atomic E-state index is 2.83. The van der Waals surface area contributed by atoms with Crippen molar-refractivity contribution < 1.29 is 0 Å². The largest absolute Gasteiger partial charge is 0.303 e. The van der Waals surface area contributed by atoms with Gasteiger partial charge in [-0.05, 0) is 117 Å². The van der Waals surface area contributed by atoms with Gasteiger partial charge in [-0.3, -0.25) is 0 Å². The van der Waals surface area contributed by atoms with Gasteiger partial charge in [0.2, 0.25) is 0 Å². The third kappa shape index (κ3) is 18.8. The normalized spacial score (nSPS) is 13.0. The second-order valence-corrected chi connectivity index (χ2v) is 10.4. The molecule has 0 radical (unpaired) electrons. The minimum absolute atomic E-state index is 0.812. The summed E-state index contributed by atoms with van der Waals surface area (Å²) >= 11 is 0. The zero-order valence-electron chi connectivity index (χ0n) is 24.2. The molecule has 33 heavy (non-hydrogen) atoms. The highest BCUT2D eigenvalue weighted by Crippen LogP contribution is 2.18. The highest BCUT2D eigenvalue weighted by Gasteiger charge is 2.17. The van der Waals surface area contributed by atoms with E-state index in [9.17, 15) is 0 Å². The lowest BCUT2D eigenvalue weighted by atomic mass is 10.00. The second-order valence-electron chi connectivity index (χ2n) is 10.4. The van der Waals surface area contributed by atoms with Gasteiger partial charge in [0, 0.05) is 6.04 Å². The molecule has 0 N–H and O–H groups in total. The van der Waals surface area contributed by atoms with Crippen LogP contribution in [0.5, 0.6) is 0 Å². The first kappa shape index (κ1) is 32.9. The van der Waals surface area contributed by atoms with E-state index in [0.29, 0.717) is 0 Å². The Kier molecular flexibility index (Phi) is 24.9. The van der Waals surface area contributed by atoms with Crippen LogP contribution in [0.15, 0.2) is 0 Å². The Morgan fingerprint density at radius 1 is 0.364 bits per heavy atom. The topological polar surface area (TPSA) is 9.72 Å². The van der Waals surface area contributed by atoms with Crippen molar-refractivity contribution in [3.63, 3.8) is 0 Å². The summed E-state index contributed by atoms with van der Waals surface area (Å²) in [6.07, 6.45) is 20.5. The molecule has 0 rings (SSSR count). The predicted molar refractivity (Wildman–Crippen MR) is 152 cm³/mol. The lowest BCUT2D eigenvalue weighted by molar-refractivity contribution is 0.163. The first-order valence-corrected chi connectivity index (χ1v) is 15.3. The average Bonchev–Trinajstić information content (AvgIpc) is 2.80. The fourth-order valence-corrected chi connectivity index (χ4v) is 5.47. The van der Waals surface area contributed by atoms with E-state index in [2.05, 4.69) is 56.2 Å². The molecular weight excluding hydrogens is 402 g/mol. The minimum atomic E-state index is 0.812. The average molecular weight is 468 g/mol. The van der Waals surface area contributed by atoms with Gasteiger partial charge in [-0.15, -0.1) is 0 Å². The van der Waals surface area contributed by atoms with Crippen LogP contribution in [0.4, 0.5) is 0 Å².